The van der Waals surface area contributed by atoms with Crippen molar-refractivity contribution in [1.29, 1.82) is 0 Å². The van der Waals surface area contributed by atoms with Crippen LogP contribution in [0.4, 0.5) is 0 Å². The Morgan fingerprint density at radius 3 is 2.50 bits per heavy atom. The molecule has 2 aliphatic carbocycles. The van der Waals surface area contributed by atoms with E-state index in [4.69, 9.17) is 0 Å². The number of Topliss-reactive ketones (excluding diaryl/α,β-unsaturated/α-hetero) is 1. The number of fused-ring (bicyclic) bond motifs is 2. The van der Waals surface area contributed by atoms with Crippen LogP contribution in [0.5, 0.6) is 0 Å². The van der Waals surface area contributed by atoms with E-state index in [0.717, 1.165) is 17.5 Å². The van der Waals surface area contributed by atoms with Crippen molar-refractivity contribution in [1.82, 2.24) is 0 Å². The van der Waals surface area contributed by atoms with Crippen molar-refractivity contribution < 1.29 is 25.9 Å². The van der Waals surface area contributed by atoms with Gasteiger partial charge < -0.3 is 0 Å². The van der Waals surface area contributed by atoms with Gasteiger partial charge in [-0.1, -0.05) is 0 Å². The van der Waals surface area contributed by atoms with Crippen LogP contribution in [-0.2, 0) is 25.9 Å². The fourth-order valence-corrected chi connectivity index (χ4v) is 4.82. The molecule has 0 aliphatic heterocycles. The summed E-state index contributed by atoms with van der Waals surface area (Å²) in [5, 5.41) is 0. The summed E-state index contributed by atoms with van der Waals surface area (Å²) < 4.78 is 0.995. The van der Waals surface area contributed by atoms with Crippen LogP contribution in [0.25, 0.3) is 0 Å². The van der Waals surface area contributed by atoms with E-state index in [1.54, 1.807) is 0 Å². The average Bonchev–Trinajstić information content (AvgIpc) is 2.36. The standard InChI is InChI=1S/C10H15O.Au/c1-9(2)7-4-5-10(9,3)8(11)6-7;/h7H,3-6H2,1-2H3;. The third-order valence-electron chi connectivity index (χ3n) is 4.32. The van der Waals surface area contributed by atoms with Gasteiger partial charge in [0, 0.05) is 0 Å². The van der Waals surface area contributed by atoms with Gasteiger partial charge in [0.25, 0.3) is 0 Å². The molecule has 0 aromatic heterocycles. The summed E-state index contributed by atoms with van der Waals surface area (Å²) >= 11 is 2.57. The van der Waals surface area contributed by atoms with E-state index in [1.165, 1.54) is 6.42 Å². The van der Waals surface area contributed by atoms with Gasteiger partial charge in [0.05, 0.1) is 0 Å². The van der Waals surface area contributed by atoms with Crippen molar-refractivity contribution in [2.45, 2.75) is 37.7 Å². The minimum absolute atomic E-state index is 0.0424. The summed E-state index contributed by atoms with van der Waals surface area (Å²) in [6, 6.07) is 0. The van der Waals surface area contributed by atoms with E-state index in [0.29, 0.717) is 11.7 Å². The van der Waals surface area contributed by atoms with E-state index in [1.807, 2.05) is 0 Å². The van der Waals surface area contributed by atoms with Gasteiger partial charge in [-0.05, 0) is 0 Å². The van der Waals surface area contributed by atoms with Gasteiger partial charge in [0.2, 0.25) is 0 Å². The Morgan fingerprint density at radius 2 is 2.25 bits per heavy atom. The molecular weight excluding hydrogens is 333 g/mol. The van der Waals surface area contributed by atoms with Crippen molar-refractivity contribution in [2.75, 3.05) is 0 Å². The van der Waals surface area contributed by atoms with Gasteiger partial charge in [-0.15, -0.1) is 0 Å². The van der Waals surface area contributed by atoms with Crippen LogP contribution in [-0.4, -0.2) is 5.78 Å². The van der Waals surface area contributed by atoms with Crippen molar-refractivity contribution in [3.63, 3.8) is 0 Å². The molecule has 2 atom stereocenters. The molecule has 0 N–H and O–H groups in total. The molecular formula is C10H15AuO. The van der Waals surface area contributed by atoms with E-state index in [9.17, 15) is 4.79 Å². The molecule has 1 nitrogen and oxygen atoms in total. The number of carbonyl (C=O) groups excluding carboxylic acids is 1. The Labute approximate surface area is 86.2 Å². The van der Waals surface area contributed by atoms with Crippen molar-refractivity contribution >= 4 is 5.78 Å². The minimum atomic E-state index is 0.0424. The predicted molar refractivity (Wildman–Crippen MR) is 43.4 cm³/mol. The average molecular weight is 348 g/mol. The molecule has 0 aromatic rings. The first-order chi connectivity index (χ1) is 5.54. The quantitative estimate of drug-likeness (QED) is 0.665. The predicted octanol–water partition coefficient (Wildman–Crippen LogP) is 2.35. The zero-order valence-corrected chi connectivity index (χ0v) is 9.78. The van der Waals surface area contributed by atoms with Gasteiger partial charge in [-0.2, -0.15) is 0 Å². The Bertz CT molecular complexity index is 234. The molecule has 12 heavy (non-hydrogen) atoms. The molecule has 2 unspecified atom stereocenters. The van der Waals surface area contributed by atoms with E-state index in [-0.39, 0.29) is 10.8 Å². The first-order valence-corrected chi connectivity index (χ1v) is 6.12. The Balaban J connectivity index is 2.46. The van der Waals surface area contributed by atoms with E-state index in [2.05, 4.69) is 34.9 Å². The van der Waals surface area contributed by atoms with E-state index >= 15 is 0 Å². The first kappa shape index (κ1) is 8.98. The monoisotopic (exact) mass is 348 g/mol. The summed E-state index contributed by atoms with van der Waals surface area (Å²) in [5.74, 6) is 1.21. The number of hydrogen-bond acceptors (Lipinski definition) is 1. The molecule has 2 heteroatoms. The number of carbonyl (C=O) groups is 1. The number of rotatable bonds is 1. The molecule has 2 aliphatic rings. The maximum absolute atomic E-state index is 11.8. The van der Waals surface area contributed by atoms with Gasteiger partial charge in [-0.25, -0.2) is 0 Å². The van der Waals surface area contributed by atoms with Crippen LogP contribution in [0.2, 0.25) is 4.64 Å². The topological polar surface area (TPSA) is 17.1 Å². The zero-order valence-electron chi connectivity index (χ0n) is 7.62. The molecule has 0 heterocycles. The fourth-order valence-electron chi connectivity index (χ4n) is 3.02. The molecule has 2 rings (SSSR count). The van der Waals surface area contributed by atoms with Crippen LogP contribution >= 0.6 is 0 Å². The van der Waals surface area contributed by atoms with Crippen LogP contribution in [0.15, 0.2) is 0 Å². The van der Waals surface area contributed by atoms with Gasteiger partial charge in [-0.3, -0.25) is 0 Å². The molecule has 0 radical (unpaired) electrons. The summed E-state index contributed by atoms with van der Waals surface area (Å²) in [5.41, 5.74) is 0.319. The second-order valence-corrected chi connectivity index (χ2v) is 5.54. The van der Waals surface area contributed by atoms with Crippen LogP contribution in [0.1, 0.15) is 33.1 Å². The van der Waals surface area contributed by atoms with Crippen molar-refractivity contribution in [3.8, 4) is 0 Å². The second kappa shape index (κ2) is 2.46. The van der Waals surface area contributed by atoms with Gasteiger partial charge in [0.15, 0.2) is 0 Å². The van der Waals surface area contributed by atoms with E-state index < -0.39 is 0 Å². The van der Waals surface area contributed by atoms with Crippen molar-refractivity contribution in [3.05, 3.63) is 0 Å². The molecule has 2 bridgehead atoms. The van der Waals surface area contributed by atoms with Gasteiger partial charge in [0.1, 0.15) is 0 Å². The molecule has 0 aromatic carbocycles. The summed E-state index contributed by atoms with van der Waals surface area (Å²) in [6.07, 6.45) is 3.27. The van der Waals surface area contributed by atoms with Crippen molar-refractivity contribution in [2.24, 2.45) is 16.7 Å². The molecule has 0 saturated heterocycles. The number of hydrogen-bond donors (Lipinski definition) is 0. The Morgan fingerprint density at radius 1 is 1.58 bits per heavy atom. The second-order valence-electron chi connectivity index (χ2n) is 4.77. The summed E-state index contributed by atoms with van der Waals surface area (Å²) in [7, 11) is 0. The molecule has 2 fully saturated rings. The van der Waals surface area contributed by atoms with Crippen LogP contribution in [0, 0.1) is 16.7 Å². The third-order valence-corrected chi connectivity index (χ3v) is 5.63. The molecule has 2 saturated carbocycles. The molecule has 0 spiro atoms. The molecule has 72 valence electrons. The van der Waals surface area contributed by atoms with Crippen LogP contribution in [0.3, 0.4) is 0 Å². The SMILES string of the molecule is CC1(C)C2CCC1([CH2][Au])C(=O)C2. The summed E-state index contributed by atoms with van der Waals surface area (Å²) in [6.45, 7) is 4.56. The zero-order chi connectivity index (χ0) is 8.98. The maximum atomic E-state index is 11.8. The molecule has 0 amide bonds. The normalized spacial score (nSPS) is 44.0. The third kappa shape index (κ3) is 0.779. The van der Waals surface area contributed by atoms with Gasteiger partial charge >= 0.3 is 86.1 Å². The Kier molecular flexibility index (Phi) is 1.84. The Hall–Kier alpha value is 0.410. The fraction of sp³-hybridized carbons (Fsp3) is 0.900. The summed E-state index contributed by atoms with van der Waals surface area (Å²) in [4.78, 5) is 11.8. The van der Waals surface area contributed by atoms with Crippen LogP contribution < -0.4 is 0 Å². The first-order valence-electron chi connectivity index (χ1n) is 4.58. The number of ketones is 1.